The van der Waals surface area contributed by atoms with Gasteiger partial charge in [0.15, 0.2) is 0 Å². The molecule has 2 aromatic carbocycles. The molecule has 0 saturated carbocycles. The van der Waals surface area contributed by atoms with Gasteiger partial charge >= 0.3 is 0 Å². The van der Waals surface area contributed by atoms with E-state index in [2.05, 4.69) is 22.3 Å². The first-order valence-corrected chi connectivity index (χ1v) is 9.98. The molecule has 0 aliphatic carbocycles. The summed E-state index contributed by atoms with van der Waals surface area (Å²) in [4.78, 5) is 15.0. The molecule has 0 bridgehead atoms. The van der Waals surface area contributed by atoms with Crippen LogP contribution in [0.2, 0.25) is 0 Å². The van der Waals surface area contributed by atoms with E-state index in [1.54, 1.807) is 14.0 Å². The number of rotatable bonds is 9. The molecule has 2 aromatic rings. The summed E-state index contributed by atoms with van der Waals surface area (Å²) in [6.07, 6.45) is 1.92. The molecule has 5 heteroatoms. The van der Waals surface area contributed by atoms with Crippen molar-refractivity contribution >= 4 is 5.91 Å². The van der Waals surface area contributed by atoms with Gasteiger partial charge in [-0.3, -0.25) is 9.69 Å². The highest BCUT2D eigenvalue weighted by Crippen LogP contribution is 2.26. The molecule has 1 heterocycles. The van der Waals surface area contributed by atoms with Gasteiger partial charge in [0.05, 0.1) is 19.8 Å². The fraction of sp³-hybridized carbons (Fsp3) is 0.435. The zero-order valence-corrected chi connectivity index (χ0v) is 16.8. The Morgan fingerprint density at radius 2 is 1.75 bits per heavy atom. The van der Waals surface area contributed by atoms with Crippen LogP contribution >= 0.6 is 0 Å². The van der Waals surface area contributed by atoms with Crippen LogP contribution in [0.3, 0.4) is 0 Å². The van der Waals surface area contributed by atoms with Gasteiger partial charge in [0, 0.05) is 6.54 Å². The van der Waals surface area contributed by atoms with Gasteiger partial charge in [0.2, 0.25) is 5.91 Å². The summed E-state index contributed by atoms with van der Waals surface area (Å²) < 4.78 is 11.0. The van der Waals surface area contributed by atoms with Crippen LogP contribution < -0.4 is 10.1 Å². The van der Waals surface area contributed by atoms with E-state index >= 15 is 0 Å². The summed E-state index contributed by atoms with van der Waals surface area (Å²) in [7, 11) is 1.67. The Morgan fingerprint density at radius 1 is 1.07 bits per heavy atom. The lowest BCUT2D eigenvalue weighted by atomic mass is 10.1. The summed E-state index contributed by atoms with van der Waals surface area (Å²) in [5.74, 6) is 0.768. The minimum absolute atomic E-state index is 0.0753. The highest BCUT2D eigenvalue weighted by Gasteiger charge is 2.25. The molecule has 2 atom stereocenters. The number of hydrogen-bond donors (Lipinski definition) is 1. The zero-order valence-electron chi connectivity index (χ0n) is 16.8. The van der Waals surface area contributed by atoms with Crippen molar-refractivity contribution in [3.63, 3.8) is 0 Å². The maximum atomic E-state index is 12.5. The molecule has 0 spiro atoms. The van der Waals surface area contributed by atoms with E-state index in [0.29, 0.717) is 13.2 Å². The first kappa shape index (κ1) is 20.4. The number of nitrogens with zero attached hydrogens (tertiary/aromatic N) is 1. The molecule has 1 N–H and O–H groups in total. The van der Waals surface area contributed by atoms with Crippen molar-refractivity contribution in [2.24, 2.45) is 0 Å². The second-order valence-electron chi connectivity index (χ2n) is 7.22. The maximum Gasteiger partial charge on any atom is 0.248 e. The van der Waals surface area contributed by atoms with Crippen molar-refractivity contribution in [2.45, 2.75) is 38.5 Å². The van der Waals surface area contributed by atoms with Gasteiger partial charge in [0.1, 0.15) is 11.9 Å². The summed E-state index contributed by atoms with van der Waals surface area (Å²) in [5, 5.41) is 3.09. The van der Waals surface area contributed by atoms with E-state index in [-0.39, 0.29) is 11.9 Å². The number of nitrogens with one attached hydrogen (secondary N) is 1. The maximum absolute atomic E-state index is 12.5. The molecule has 5 nitrogen and oxygen atoms in total. The molecule has 1 aliphatic rings. The van der Waals surface area contributed by atoms with Crippen molar-refractivity contribution in [2.75, 3.05) is 26.7 Å². The van der Waals surface area contributed by atoms with Gasteiger partial charge < -0.3 is 14.8 Å². The highest BCUT2D eigenvalue weighted by atomic mass is 16.5. The predicted octanol–water partition coefficient (Wildman–Crippen LogP) is 3.55. The van der Waals surface area contributed by atoms with Crippen LogP contribution in [0.1, 0.15) is 36.9 Å². The molecule has 2 unspecified atom stereocenters. The van der Waals surface area contributed by atoms with Crippen LogP contribution in [0, 0.1) is 0 Å². The van der Waals surface area contributed by atoms with Crippen molar-refractivity contribution in [3.05, 3.63) is 65.7 Å². The Hall–Kier alpha value is -2.37. The Kier molecular flexibility index (Phi) is 7.46. The second kappa shape index (κ2) is 10.2. The number of ether oxygens (including phenoxy) is 2. The van der Waals surface area contributed by atoms with Gasteiger partial charge in [-0.15, -0.1) is 0 Å². The molecule has 150 valence electrons. The topological polar surface area (TPSA) is 50.8 Å². The Labute approximate surface area is 167 Å². The largest absolute Gasteiger partial charge is 0.497 e. The number of carbonyl (C=O) groups is 1. The van der Waals surface area contributed by atoms with E-state index in [4.69, 9.17) is 9.47 Å². The van der Waals surface area contributed by atoms with E-state index < -0.39 is 6.10 Å². The zero-order chi connectivity index (χ0) is 19.8. The normalized spacial score (nSPS) is 16.5. The lowest BCUT2D eigenvalue weighted by Crippen LogP contribution is -2.41. The molecule has 1 amide bonds. The molecule has 0 aromatic heterocycles. The first-order valence-electron chi connectivity index (χ1n) is 9.98. The third-order valence-electron chi connectivity index (χ3n) is 5.26. The molecular formula is C23H30N2O3. The average molecular weight is 383 g/mol. The van der Waals surface area contributed by atoms with Crippen molar-refractivity contribution in [1.29, 1.82) is 0 Å². The van der Waals surface area contributed by atoms with Crippen LogP contribution in [0.15, 0.2) is 54.6 Å². The van der Waals surface area contributed by atoms with Crippen LogP contribution in [-0.2, 0) is 16.1 Å². The fourth-order valence-electron chi connectivity index (χ4n) is 3.55. The predicted molar refractivity (Wildman–Crippen MR) is 110 cm³/mol. The Balaban J connectivity index is 1.56. The van der Waals surface area contributed by atoms with Crippen molar-refractivity contribution in [3.8, 4) is 5.75 Å². The fourth-order valence-corrected chi connectivity index (χ4v) is 3.55. The molecular weight excluding hydrogens is 352 g/mol. The molecule has 28 heavy (non-hydrogen) atoms. The van der Waals surface area contributed by atoms with Gasteiger partial charge in [0.25, 0.3) is 0 Å². The first-order chi connectivity index (χ1) is 13.7. The van der Waals surface area contributed by atoms with E-state index in [1.165, 1.54) is 18.4 Å². The quantitative estimate of drug-likeness (QED) is 0.721. The number of amides is 1. The average Bonchev–Trinajstić information content (AvgIpc) is 3.27. The Morgan fingerprint density at radius 3 is 2.39 bits per heavy atom. The number of hydrogen-bond acceptors (Lipinski definition) is 4. The van der Waals surface area contributed by atoms with Crippen LogP contribution in [-0.4, -0.2) is 43.7 Å². The van der Waals surface area contributed by atoms with Crippen LogP contribution in [0.5, 0.6) is 5.75 Å². The number of carbonyl (C=O) groups excluding carboxylic acids is 1. The smallest absolute Gasteiger partial charge is 0.248 e. The van der Waals surface area contributed by atoms with E-state index in [0.717, 1.165) is 24.4 Å². The lowest BCUT2D eigenvalue weighted by Gasteiger charge is -2.28. The summed E-state index contributed by atoms with van der Waals surface area (Å²) in [6, 6.07) is 18.2. The van der Waals surface area contributed by atoms with Gasteiger partial charge in [-0.05, 0) is 56.1 Å². The van der Waals surface area contributed by atoms with Gasteiger partial charge in [-0.1, -0.05) is 42.5 Å². The summed E-state index contributed by atoms with van der Waals surface area (Å²) >= 11 is 0. The molecule has 0 radical (unpaired) electrons. The van der Waals surface area contributed by atoms with Crippen LogP contribution in [0.25, 0.3) is 0 Å². The second-order valence-corrected chi connectivity index (χ2v) is 7.22. The molecule has 1 fully saturated rings. The summed E-state index contributed by atoms with van der Waals surface area (Å²) in [6.45, 7) is 4.93. The molecule has 3 rings (SSSR count). The van der Waals surface area contributed by atoms with E-state index in [1.807, 2.05) is 42.5 Å². The Bertz CT molecular complexity index is 727. The number of likely N-dealkylation sites (tertiary alicyclic amines) is 1. The summed E-state index contributed by atoms with van der Waals surface area (Å²) in [5.41, 5.74) is 2.26. The highest BCUT2D eigenvalue weighted by molar-refractivity contribution is 5.80. The van der Waals surface area contributed by atoms with Gasteiger partial charge in [-0.25, -0.2) is 0 Å². The van der Waals surface area contributed by atoms with Gasteiger partial charge in [-0.2, -0.15) is 0 Å². The minimum Gasteiger partial charge on any atom is -0.497 e. The van der Waals surface area contributed by atoms with Crippen molar-refractivity contribution in [1.82, 2.24) is 10.2 Å². The standard InChI is InChI=1S/C23H30N2O3/c1-18(28-17-19-8-4-3-5-9-19)23(26)24-16-22(25-14-6-7-15-25)20-10-12-21(27-2)13-11-20/h3-5,8-13,18,22H,6-7,14-17H2,1-2H3,(H,24,26). The molecule has 1 saturated heterocycles. The SMILES string of the molecule is COc1ccc(C(CNC(=O)C(C)OCc2ccccc2)N2CCCC2)cc1. The third-order valence-corrected chi connectivity index (χ3v) is 5.26. The number of benzene rings is 2. The number of methoxy groups -OCH3 is 1. The van der Waals surface area contributed by atoms with Crippen molar-refractivity contribution < 1.29 is 14.3 Å². The minimum atomic E-state index is -0.490. The lowest BCUT2D eigenvalue weighted by molar-refractivity contribution is -0.132. The van der Waals surface area contributed by atoms with Crippen LogP contribution in [0.4, 0.5) is 0 Å². The van der Waals surface area contributed by atoms with E-state index in [9.17, 15) is 4.79 Å². The monoisotopic (exact) mass is 382 g/mol. The molecule has 1 aliphatic heterocycles. The third kappa shape index (κ3) is 5.57.